The molecule has 0 saturated carbocycles. The minimum absolute atomic E-state index is 0.0796. The summed E-state index contributed by atoms with van der Waals surface area (Å²) in [6.07, 6.45) is 0. The molecule has 0 unspecified atom stereocenters. The first-order valence-electron chi connectivity index (χ1n) is 9.41. The van der Waals surface area contributed by atoms with Crippen LogP contribution in [0.1, 0.15) is 10.4 Å². The van der Waals surface area contributed by atoms with Gasteiger partial charge in [-0.05, 0) is 24.3 Å². The molecule has 2 N–H and O–H groups in total. The summed E-state index contributed by atoms with van der Waals surface area (Å²) >= 11 is 6.08. The molecular formula is C21H25ClN3O4+. The number of hydrogen-bond acceptors (Lipinski definition) is 4. The quantitative estimate of drug-likeness (QED) is 0.742. The van der Waals surface area contributed by atoms with E-state index in [-0.39, 0.29) is 11.8 Å². The van der Waals surface area contributed by atoms with E-state index in [0.717, 1.165) is 4.90 Å². The van der Waals surface area contributed by atoms with Crippen LogP contribution in [0.2, 0.25) is 5.02 Å². The molecule has 2 amide bonds. The molecule has 8 heteroatoms. The van der Waals surface area contributed by atoms with Crippen LogP contribution in [-0.4, -0.2) is 63.7 Å². The molecule has 7 nitrogen and oxygen atoms in total. The summed E-state index contributed by atoms with van der Waals surface area (Å²) in [5.74, 6) is 0.953. The maximum atomic E-state index is 12.9. The number of carbonyl (C=O) groups excluding carboxylic acids is 2. The third-order valence-electron chi connectivity index (χ3n) is 4.96. The predicted molar refractivity (Wildman–Crippen MR) is 111 cm³/mol. The Morgan fingerprint density at radius 2 is 1.83 bits per heavy atom. The van der Waals surface area contributed by atoms with Crippen LogP contribution in [0.15, 0.2) is 42.5 Å². The highest BCUT2D eigenvalue weighted by Crippen LogP contribution is 2.25. The molecule has 0 atom stereocenters. The highest BCUT2D eigenvalue weighted by atomic mass is 35.5. The summed E-state index contributed by atoms with van der Waals surface area (Å²) in [4.78, 5) is 28.1. The lowest BCUT2D eigenvalue weighted by atomic mass is 10.1. The first kappa shape index (κ1) is 21.0. The van der Waals surface area contributed by atoms with E-state index in [0.29, 0.717) is 60.5 Å². The van der Waals surface area contributed by atoms with Gasteiger partial charge in [0.15, 0.2) is 6.54 Å². The number of methoxy groups -OCH3 is 2. The summed E-state index contributed by atoms with van der Waals surface area (Å²) in [6, 6.07) is 12.3. The van der Waals surface area contributed by atoms with Crippen LogP contribution in [0.5, 0.6) is 11.5 Å². The fourth-order valence-electron chi connectivity index (χ4n) is 3.33. The minimum Gasteiger partial charge on any atom is -0.497 e. The fourth-order valence-corrected chi connectivity index (χ4v) is 3.52. The number of ether oxygens (including phenoxy) is 2. The normalized spacial score (nSPS) is 14.4. The topological polar surface area (TPSA) is 72.3 Å². The third kappa shape index (κ3) is 5.19. The molecule has 29 heavy (non-hydrogen) atoms. The zero-order chi connectivity index (χ0) is 20.8. The minimum atomic E-state index is -0.0929. The van der Waals surface area contributed by atoms with E-state index in [9.17, 15) is 9.59 Å². The van der Waals surface area contributed by atoms with E-state index in [2.05, 4.69) is 5.32 Å². The van der Waals surface area contributed by atoms with Gasteiger partial charge in [0.05, 0.1) is 56.7 Å². The van der Waals surface area contributed by atoms with Gasteiger partial charge in [0.2, 0.25) is 0 Å². The van der Waals surface area contributed by atoms with Crippen molar-refractivity contribution in [3.8, 4) is 11.5 Å². The van der Waals surface area contributed by atoms with Gasteiger partial charge in [0, 0.05) is 6.07 Å². The maximum Gasteiger partial charge on any atom is 0.279 e. The van der Waals surface area contributed by atoms with Crippen LogP contribution >= 0.6 is 11.6 Å². The van der Waals surface area contributed by atoms with Gasteiger partial charge >= 0.3 is 0 Å². The third-order valence-corrected chi connectivity index (χ3v) is 5.28. The number of carbonyl (C=O) groups is 2. The van der Waals surface area contributed by atoms with E-state index in [1.54, 1.807) is 42.3 Å². The molecule has 0 aliphatic carbocycles. The Labute approximate surface area is 175 Å². The van der Waals surface area contributed by atoms with Crippen molar-refractivity contribution in [2.75, 3.05) is 52.3 Å². The van der Waals surface area contributed by atoms with Crippen LogP contribution in [0.25, 0.3) is 0 Å². The SMILES string of the molecule is COc1ccc(C(=O)N2CC[NH+](CC(=O)Nc3ccccc3Cl)CC2)c(OC)c1. The van der Waals surface area contributed by atoms with E-state index in [1.807, 2.05) is 12.1 Å². The van der Waals surface area contributed by atoms with Gasteiger partial charge in [0.1, 0.15) is 11.5 Å². The second-order valence-electron chi connectivity index (χ2n) is 6.81. The second kappa shape index (κ2) is 9.62. The summed E-state index contributed by atoms with van der Waals surface area (Å²) in [6.45, 7) is 2.87. The fraction of sp³-hybridized carbons (Fsp3) is 0.333. The van der Waals surface area contributed by atoms with E-state index < -0.39 is 0 Å². The zero-order valence-corrected chi connectivity index (χ0v) is 17.3. The van der Waals surface area contributed by atoms with Crippen molar-refractivity contribution < 1.29 is 24.0 Å². The molecule has 0 aromatic heterocycles. The predicted octanol–water partition coefficient (Wildman–Crippen LogP) is 1.34. The van der Waals surface area contributed by atoms with Crippen molar-refractivity contribution in [2.24, 2.45) is 0 Å². The van der Waals surface area contributed by atoms with Crippen molar-refractivity contribution in [2.45, 2.75) is 0 Å². The van der Waals surface area contributed by atoms with Gasteiger partial charge in [-0.15, -0.1) is 0 Å². The summed E-state index contributed by atoms with van der Waals surface area (Å²) in [5, 5.41) is 3.36. The van der Waals surface area contributed by atoms with Crippen molar-refractivity contribution in [1.29, 1.82) is 0 Å². The van der Waals surface area contributed by atoms with Crippen molar-refractivity contribution in [3.63, 3.8) is 0 Å². The van der Waals surface area contributed by atoms with Crippen molar-refractivity contribution in [1.82, 2.24) is 4.90 Å². The number of para-hydroxylation sites is 1. The van der Waals surface area contributed by atoms with E-state index in [1.165, 1.54) is 7.11 Å². The molecule has 1 heterocycles. The number of rotatable bonds is 6. The molecule has 154 valence electrons. The molecule has 0 radical (unpaired) electrons. The lowest BCUT2D eigenvalue weighted by Crippen LogP contribution is -3.15. The van der Waals surface area contributed by atoms with Gasteiger partial charge in [0.25, 0.3) is 11.8 Å². The van der Waals surface area contributed by atoms with Crippen LogP contribution in [-0.2, 0) is 4.79 Å². The number of quaternary nitrogens is 1. The van der Waals surface area contributed by atoms with Gasteiger partial charge in [-0.1, -0.05) is 23.7 Å². The van der Waals surface area contributed by atoms with Gasteiger partial charge in [-0.25, -0.2) is 0 Å². The van der Waals surface area contributed by atoms with E-state index in [4.69, 9.17) is 21.1 Å². The Balaban J connectivity index is 1.54. The van der Waals surface area contributed by atoms with Crippen molar-refractivity contribution >= 4 is 29.1 Å². The van der Waals surface area contributed by atoms with Gasteiger partial charge in [-0.2, -0.15) is 0 Å². The second-order valence-corrected chi connectivity index (χ2v) is 7.22. The largest absolute Gasteiger partial charge is 0.497 e. The Morgan fingerprint density at radius 1 is 1.10 bits per heavy atom. The Kier molecular flexibility index (Phi) is 6.95. The summed E-state index contributed by atoms with van der Waals surface area (Å²) in [7, 11) is 3.10. The van der Waals surface area contributed by atoms with Gasteiger partial charge in [-0.3, -0.25) is 9.59 Å². The number of hydrogen-bond donors (Lipinski definition) is 2. The number of nitrogens with zero attached hydrogens (tertiary/aromatic N) is 1. The molecular weight excluding hydrogens is 394 g/mol. The molecule has 2 aromatic rings. The number of anilines is 1. The smallest absolute Gasteiger partial charge is 0.279 e. The summed E-state index contributed by atoms with van der Waals surface area (Å²) < 4.78 is 10.5. The highest BCUT2D eigenvalue weighted by Gasteiger charge is 2.27. The lowest BCUT2D eigenvalue weighted by Gasteiger charge is -2.32. The standard InChI is InChI=1S/C21H24ClN3O4/c1-28-15-7-8-16(19(13-15)29-2)21(27)25-11-9-24(10-12-25)14-20(26)23-18-6-4-3-5-17(18)22/h3-8,13H,9-12,14H2,1-2H3,(H,23,26)/p+1. The number of amides is 2. The molecule has 3 rings (SSSR count). The average molecular weight is 419 g/mol. The number of piperazine rings is 1. The van der Waals surface area contributed by atoms with Gasteiger partial charge < -0.3 is 24.6 Å². The lowest BCUT2D eigenvalue weighted by molar-refractivity contribution is -0.895. The first-order valence-corrected chi connectivity index (χ1v) is 9.79. The molecule has 1 fully saturated rings. The van der Waals surface area contributed by atoms with Crippen LogP contribution in [0, 0.1) is 0 Å². The van der Waals surface area contributed by atoms with Crippen LogP contribution < -0.4 is 19.7 Å². The first-order chi connectivity index (χ1) is 14.0. The Hall–Kier alpha value is -2.77. The molecule has 0 spiro atoms. The van der Waals surface area contributed by atoms with Crippen LogP contribution in [0.3, 0.4) is 0 Å². The number of benzene rings is 2. The number of nitrogens with one attached hydrogen (secondary N) is 2. The maximum absolute atomic E-state index is 12.9. The average Bonchev–Trinajstić information content (AvgIpc) is 2.75. The Morgan fingerprint density at radius 3 is 2.48 bits per heavy atom. The monoisotopic (exact) mass is 418 g/mol. The number of halogens is 1. The highest BCUT2D eigenvalue weighted by molar-refractivity contribution is 6.33. The molecule has 1 aliphatic heterocycles. The Bertz CT molecular complexity index is 882. The summed E-state index contributed by atoms with van der Waals surface area (Å²) in [5.41, 5.74) is 1.12. The van der Waals surface area contributed by atoms with Crippen LogP contribution in [0.4, 0.5) is 5.69 Å². The van der Waals surface area contributed by atoms with Crippen molar-refractivity contribution in [3.05, 3.63) is 53.1 Å². The molecule has 0 bridgehead atoms. The molecule has 2 aromatic carbocycles. The molecule has 1 saturated heterocycles. The van der Waals surface area contributed by atoms with E-state index >= 15 is 0 Å². The molecule has 1 aliphatic rings. The zero-order valence-electron chi connectivity index (χ0n) is 16.5.